The molecule has 0 fully saturated rings. The SMILES string of the molecule is CCC(CC)N(C)C(=O)c1cc(F)cc(N)c1F. The summed E-state index contributed by atoms with van der Waals surface area (Å²) in [5, 5.41) is 0. The van der Waals surface area contributed by atoms with Crippen LogP contribution in [0, 0.1) is 11.6 Å². The molecule has 0 spiro atoms. The van der Waals surface area contributed by atoms with E-state index in [0.717, 1.165) is 25.0 Å². The van der Waals surface area contributed by atoms with E-state index in [2.05, 4.69) is 0 Å². The zero-order valence-corrected chi connectivity index (χ0v) is 10.8. The van der Waals surface area contributed by atoms with Gasteiger partial charge in [0.1, 0.15) is 5.82 Å². The van der Waals surface area contributed by atoms with E-state index in [1.165, 1.54) is 4.90 Å². The Balaban J connectivity index is 3.11. The van der Waals surface area contributed by atoms with Gasteiger partial charge in [-0.3, -0.25) is 4.79 Å². The lowest BCUT2D eigenvalue weighted by Crippen LogP contribution is -2.36. The number of hydrogen-bond donors (Lipinski definition) is 1. The Morgan fingerprint density at radius 3 is 2.39 bits per heavy atom. The normalized spacial score (nSPS) is 10.8. The maximum absolute atomic E-state index is 13.7. The van der Waals surface area contributed by atoms with Gasteiger partial charge in [0, 0.05) is 13.1 Å². The van der Waals surface area contributed by atoms with Gasteiger partial charge < -0.3 is 10.6 Å². The maximum atomic E-state index is 13.7. The van der Waals surface area contributed by atoms with E-state index >= 15 is 0 Å². The largest absolute Gasteiger partial charge is 0.396 e. The minimum absolute atomic E-state index is 0.00129. The van der Waals surface area contributed by atoms with Crippen LogP contribution < -0.4 is 5.73 Å². The van der Waals surface area contributed by atoms with Crippen LogP contribution in [0.4, 0.5) is 14.5 Å². The van der Waals surface area contributed by atoms with E-state index in [0.29, 0.717) is 0 Å². The van der Waals surface area contributed by atoms with Crippen molar-refractivity contribution < 1.29 is 13.6 Å². The molecule has 0 bridgehead atoms. The molecule has 1 aromatic carbocycles. The molecule has 0 aliphatic heterocycles. The molecule has 3 nitrogen and oxygen atoms in total. The van der Waals surface area contributed by atoms with E-state index in [1.54, 1.807) is 7.05 Å². The molecule has 0 aliphatic carbocycles. The topological polar surface area (TPSA) is 46.3 Å². The number of halogens is 2. The molecule has 1 aromatic rings. The molecule has 2 N–H and O–H groups in total. The number of carbonyl (C=O) groups excluding carboxylic acids is 1. The van der Waals surface area contributed by atoms with Gasteiger partial charge in [-0.2, -0.15) is 0 Å². The molecule has 0 radical (unpaired) electrons. The summed E-state index contributed by atoms with van der Waals surface area (Å²) in [6.45, 7) is 3.88. The number of nitrogens with two attached hydrogens (primary N) is 1. The highest BCUT2D eigenvalue weighted by Crippen LogP contribution is 2.20. The number of amides is 1. The van der Waals surface area contributed by atoms with Crippen molar-refractivity contribution in [2.75, 3.05) is 12.8 Å². The van der Waals surface area contributed by atoms with Crippen molar-refractivity contribution in [1.82, 2.24) is 4.90 Å². The predicted octanol–water partition coefficient (Wildman–Crippen LogP) is 2.81. The molecule has 5 heteroatoms. The minimum atomic E-state index is -0.862. The average Bonchev–Trinajstić information content (AvgIpc) is 2.34. The lowest BCUT2D eigenvalue weighted by molar-refractivity contribution is 0.0718. The fourth-order valence-corrected chi connectivity index (χ4v) is 1.96. The zero-order chi connectivity index (χ0) is 13.9. The van der Waals surface area contributed by atoms with Crippen LogP contribution in [0.1, 0.15) is 37.0 Å². The van der Waals surface area contributed by atoms with Crippen molar-refractivity contribution in [3.63, 3.8) is 0 Å². The third-order valence-corrected chi connectivity index (χ3v) is 3.11. The highest BCUT2D eigenvalue weighted by molar-refractivity contribution is 5.95. The van der Waals surface area contributed by atoms with Crippen molar-refractivity contribution in [1.29, 1.82) is 0 Å². The third kappa shape index (κ3) is 2.78. The molecule has 0 unspecified atom stereocenters. The van der Waals surface area contributed by atoms with Gasteiger partial charge >= 0.3 is 0 Å². The smallest absolute Gasteiger partial charge is 0.257 e. The first-order valence-electron chi connectivity index (χ1n) is 5.94. The van der Waals surface area contributed by atoms with Crippen molar-refractivity contribution in [2.24, 2.45) is 0 Å². The summed E-state index contributed by atoms with van der Waals surface area (Å²) in [4.78, 5) is 13.5. The summed E-state index contributed by atoms with van der Waals surface area (Å²) in [5.74, 6) is -2.12. The fraction of sp³-hybridized carbons (Fsp3) is 0.462. The van der Waals surface area contributed by atoms with E-state index in [9.17, 15) is 13.6 Å². The Bertz CT molecular complexity index is 445. The van der Waals surface area contributed by atoms with Crippen LogP contribution in [-0.2, 0) is 0 Å². The Kier molecular flexibility index (Phi) is 4.64. The summed E-state index contributed by atoms with van der Waals surface area (Å²) in [6.07, 6.45) is 1.51. The molecule has 18 heavy (non-hydrogen) atoms. The predicted molar refractivity (Wildman–Crippen MR) is 67.2 cm³/mol. The first kappa shape index (κ1) is 14.4. The van der Waals surface area contributed by atoms with Gasteiger partial charge in [0.2, 0.25) is 0 Å². The summed E-state index contributed by atoms with van der Waals surface area (Å²) >= 11 is 0. The lowest BCUT2D eigenvalue weighted by Gasteiger charge is -2.26. The van der Waals surface area contributed by atoms with Crippen LogP contribution in [0.15, 0.2) is 12.1 Å². The molecule has 0 aromatic heterocycles. The molecule has 0 atom stereocenters. The lowest BCUT2D eigenvalue weighted by atomic mass is 10.1. The monoisotopic (exact) mass is 256 g/mol. The Morgan fingerprint density at radius 1 is 1.33 bits per heavy atom. The average molecular weight is 256 g/mol. The van der Waals surface area contributed by atoms with Crippen molar-refractivity contribution in [3.8, 4) is 0 Å². The van der Waals surface area contributed by atoms with Crippen molar-refractivity contribution in [3.05, 3.63) is 29.3 Å². The second-order valence-electron chi connectivity index (χ2n) is 4.24. The number of nitrogen functional groups attached to an aromatic ring is 1. The Hall–Kier alpha value is -1.65. The standard InChI is InChI=1S/C13H18F2N2O/c1-4-9(5-2)17(3)13(18)10-6-8(14)7-11(16)12(10)15/h6-7,9H,4-5,16H2,1-3H3. The fourth-order valence-electron chi connectivity index (χ4n) is 1.96. The van der Waals surface area contributed by atoms with Gasteiger partial charge in [-0.15, -0.1) is 0 Å². The van der Waals surface area contributed by atoms with Crippen LogP contribution in [0.2, 0.25) is 0 Å². The number of benzene rings is 1. The first-order valence-corrected chi connectivity index (χ1v) is 5.94. The van der Waals surface area contributed by atoms with Gasteiger partial charge in [0.05, 0.1) is 11.3 Å². The third-order valence-electron chi connectivity index (χ3n) is 3.11. The van der Waals surface area contributed by atoms with Crippen LogP contribution >= 0.6 is 0 Å². The van der Waals surface area contributed by atoms with Crippen LogP contribution in [0.3, 0.4) is 0 Å². The number of hydrogen-bond acceptors (Lipinski definition) is 2. The van der Waals surface area contributed by atoms with E-state index in [4.69, 9.17) is 5.73 Å². The Morgan fingerprint density at radius 2 is 1.89 bits per heavy atom. The van der Waals surface area contributed by atoms with Gasteiger partial charge in [0.15, 0.2) is 5.82 Å². The second-order valence-corrected chi connectivity index (χ2v) is 4.24. The van der Waals surface area contributed by atoms with Crippen LogP contribution in [0.25, 0.3) is 0 Å². The Labute approximate surface area is 106 Å². The molecule has 1 amide bonds. The van der Waals surface area contributed by atoms with Crippen molar-refractivity contribution in [2.45, 2.75) is 32.7 Å². The van der Waals surface area contributed by atoms with Crippen LogP contribution in [0.5, 0.6) is 0 Å². The second kappa shape index (κ2) is 5.80. The summed E-state index contributed by atoms with van der Waals surface area (Å²) in [7, 11) is 1.58. The summed E-state index contributed by atoms with van der Waals surface area (Å²) in [6, 6.07) is 1.75. The van der Waals surface area contributed by atoms with Gasteiger partial charge in [-0.1, -0.05) is 13.8 Å². The molecular weight excluding hydrogens is 238 g/mol. The number of carbonyl (C=O) groups is 1. The van der Waals surface area contributed by atoms with Gasteiger partial charge in [-0.05, 0) is 25.0 Å². The number of anilines is 1. The summed E-state index contributed by atoms with van der Waals surface area (Å²) in [5.41, 5.74) is 4.65. The highest BCUT2D eigenvalue weighted by Gasteiger charge is 2.23. The minimum Gasteiger partial charge on any atom is -0.396 e. The highest BCUT2D eigenvalue weighted by atomic mass is 19.1. The summed E-state index contributed by atoms with van der Waals surface area (Å²) < 4.78 is 26.9. The van der Waals surface area contributed by atoms with E-state index < -0.39 is 17.5 Å². The van der Waals surface area contributed by atoms with E-state index in [-0.39, 0.29) is 17.3 Å². The first-order chi connectivity index (χ1) is 8.42. The van der Waals surface area contributed by atoms with Gasteiger partial charge in [-0.25, -0.2) is 8.78 Å². The van der Waals surface area contributed by atoms with Crippen molar-refractivity contribution >= 4 is 11.6 Å². The van der Waals surface area contributed by atoms with E-state index in [1.807, 2.05) is 13.8 Å². The van der Waals surface area contributed by atoms with Gasteiger partial charge in [0.25, 0.3) is 5.91 Å². The molecule has 0 aliphatic rings. The maximum Gasteiger partial charge on any atom is 0.257 e. The molecule has 0 heterocycles. The number of nitrogens with zero attached hydrogens (tertiary/aromatic N) is 1. The molecule has 1 rings (SSSR count). The zero-order valence-electron chi connectivity index (χ0n) is 10.8. The number of rotatable bonds is 4. The quantitative estimate of drug-likeness (QED) is 0.842. The molecule has 0 saturated carbocycles. The van der Waals surface area contributed by atoms with Crippen LogP contribution in [-0.4, -0.2) is 23.9 Å². The molecular formula is C13H18F2N2O. The molecule has 0 saturated heterocycles. The molecule has 100 valence electrons.